The number of aromatic hydroxyl groups is 1. The highest BCUT2D eigenvalue weighted by Crippen LogP contribution is 2.18. The molecule has 0 radical (unpaired) electrons. The molecule has 0 saturated heterocycles. The molecule has 5 N–H and O–H groups in total. The van der Waals surface area contributed by atoms with Crippen molar-refractivity contribution in [1.82, 2.24) is 5.32 Å². The summed E-state index contributed by atoms with van der Waals surface area (Å²) in [5.74, 6) is -0.694. The lowest BCUT2D eigenvalue weighted by Gasteiger charge is -2.12. The molecule has 6 nitrogen and oxygen atoms in total. The van der Waals surface area contributed by atoms with E-state index in [0.717, 1.165) is 5.56 Å². The fourth-order valence-corrected chi connectivity index (χ4v) is 1.27. The topological polar surface area (TPSA) is 108 Å². The highest BCUT2D eigenvalue weighted by molar-refractivity contribution is 6.00. The number of carbonyl (C=O) groups is 1. The van der Waals surface area contributed by atoms with E-state index in [1.807, 2.05) is 0 Å². The summed E-state index contributed by atoms with van der Waals surface area (Å²) in [6, 6.07) is 4.10. The average Bonchev–Trinajstić information content (AvgIpc) is 2.27. The molecule has 1 atom stereocenters. The van der Waals surface area contributed by atoms with Gasteiger partial charge < -0.3 is 21.4 Å². The molecule has 0 aliphatic heterocycles. The van der Waals surface area contributed by atoms with Crippen molar-refractivity contribution in [1.29, 1.82) is 0 Å². The van der Waals surface area contributed by atoms with Crippen LogP contribution in [0.3, 0.4) is 0 Å². The molecule has 0 aliphatic rings. The molecule has 1 unspecified atom stereocenters. The Balaban J connectivity index is 2.84. The van der Waals surface area contributed by atoms with E-state index in [1.165, 1.54) is 12.1 Å². The van der Waals surface area contributed by atoms with E-state index < -0.39 is 11.9 Å². The van der Waals surface area contributed by atoms with Gasteiger partial charge in [-0.2, -0.15) is 0 Å². The largest absolute Gasteiger partial charge is 0.507 e. The second-order valence-electron chi connectivity index (χ2n) is 3.74. The van der Waals surface area contributed by atoms with E-state index >= 15 is 0 Å². The van der Waals surface area contributed by atoms with E-state index in [1.54, 1.807) is 19.9 Å². The van der Waals surface area contributed by atoms with Gasteiger partial charge in [0.2, 0.25) is 0 Å². The summed E-state index contributed by atoms with van der Waals surface area (Å²) in [6.45, 7) is 3.37. The SMILES string of the molecule is Cc1ccc(C(=O)NC(C)/C(N)=N/O)c(O)c1. The molecular formula is C11H15N3O3. The van der Waals surface area contributed by atoms with Crippen LogP contribution in [0.25, 0.3) is 0 Å². The van der Waals surface area contributed by atoms with E-state index in [-0.39, 0.29) is 17.1 Å². The van der Waals surface area contributed by atoms with Crippen LogP contribution in [0.2, 0.25) is 0 Å². The fourth-order valence-electron chi connectivity index (χ4n) is 1.27. The number of phenols is 1. The van der Waals surface area contributed by atoms with Gasteiger partial charge in [0.05, 0.1) is 11.6 Å². The number of nitrogens with two attached hydrogens (primary N) is 1. The first-order valence-electron chi connectivity index (χ1n) is 5.03. The van der Waals surface area contributed by atoms with Crippen molar-refractivity contribution < 1.29 is 15.1 Å². The molecule has 1 aromatic carbocycles. The van der Waals surface area contributed by atoms with Crippen molar-refractivity contribution in [2.24, 2.45) is 10.9 Å². The van der Waals surface area contributed by atoms with Gasteiger partial charge in [0.15, 0.2) is 5.84 Å². The Morgan fingerprint density at radius 1 is 1.53 bits per heavy atom. The van der Waals surface area contributed by atoms with Crippen molar-refractivity contribution in [3.8, 4) is 5.75 Å². The number of rotatable bonds is 3. The number of phenolic OH excluding ortho intramolecular Hbond substituents is 1. The average molecular weight is 237 g/mol. The lowest BCUT2D eigenvalue weighted by atomic mass is 10.1. The summed E-state index contributed by atoms with van der Waals surface area (Å²) in [7, 11) is 0. The number of carbonyl (C=O) groups excluding carboxylic acids is 1. The lowest BCUT2D eigenvalue weighted by molar-refractivity contribution is 0.0946. The third kappa shape index (κ3) is 3.10. The second kappa shape index (κ2) is 5.20. The highest BCUT2D eigenvalue weighted by atomic mass is 16.4. The predicted molar refractivity (Wildman–Crippen MR) is 63.2 cm³/mol. The van der Waals surface area contributed by atoms with Crippen molar-refractivity contribution >= 4 is 11.7 Å². The lowest BCUT2D eigenvalue weighted by Crippen LogP contribution is -2.42. The van der Waals surface area contributed by atoms with Gasteiger partial charge in [-0.1, -0.05) is 11.2 Å². The first-order chi connectivity index (χ1) is 7.95. The van der Waals surface area contributed by atoms with Crippen LogP contribution in [0.5, 0.6) is 5.75 Å². The maximum absolute atomic E-state index is 11.7. The minimum absolute atomic E-state index is 0.103. The van der Waals surface area contributed by atoms with Crippen LogP contribution in [0, 0.1) is 6.92 Å². The van der Waals surface area contributed by atoms with Gasteiger partial charge in [-0.25, -0.2) is 0 Å². The van der Waals surface area contributed by atoms with Gasteiger partial charge in [-0.15, -0.1) is 0 Å². The number of hydrogen-bond donors (Lipinski definition) is 4. The first-order valence-corrected chi connectivity index (χ1v) is 5.03. The second-order valence-corrected chi connectivity index (χ2v) is 3.74. The van der Waals surface area contributed by atoms with Crippen LogP contribution in [-0.4, -0.2) is 28.1 Å². The van der Waals surface area contributed by atoms with Crippen molar-refractivity contribution in [3.63, 3.8) is 0 Å². The number of hydrogen-bond acceptors (Lipinski definition) is 4. The molecule has 0 saturated carbocycles. The number of benzene rings is 1. The van der Waals surface area contributed by atoms with Gasteiger partial charge in [0, 0.05) is 0 Å². The van der Waals surface area contributed by atoms with Gasteiger partial charge in [-0.3, -0.25) is 4.79 Å². The van der Waals surface area contributed by atoms with Crippen LogP contribution in [0.15, 0.2) is 23.4 Å². The molecule has 0 aromatic heterocycles. The maximum Gasteiger partial charge on any atom is 0.255 e. The Labute approximate surface area is 98.7 Å². The maximum atomic E-state index is 11.7. The summed E-state index contributed by atoms with van der Waals surface area (Å²) in [5, 5.41) is 23.3. The summed E-state index contributed by atoms with van der Waals surface area (Å²) in [5.41, 5.74) is 6.32. The molecule has 6 heteroatoms. The molecule has 0 aliphatic carbocycles. The van der Waals surface area contributed by atoms with Crippen LogP contribution in [-0.2, 0) is 0 Å². The van der Waals surface area contributed by atoms with E-state index in [0.29, 0.717) is 0 Å². The van der Waals surface area contributed by atoms with E-state index in [9.17, 15) is 9.90 Å². The number of nitrogens with zero attached hydrogens (tertiary/aromatic N) is 1. The molecule has 0 heterocycles. The zero-order valence-corrected chi connectivity index (χ0v) is 9.64. The molecule has 1 amide bonds. The third-order valence-corrected chi connectivity index (χ3v) is 2.30. The number of amides is 1. The zero-order valence-electron chi connectivity index (χ0n) is 9.64. The predicted octanol–water partition coefficient (Wildman–Crippen LogP) is 0.565. The fraction of sp³-hybridized carbons (Fsp3) is 0.273. The number of amidine groups is 1. The summed E-state index contributed by atoms with van der Waals surface area (Å²) in [6.07, 6.45) is 0. The summed E-state index contributed by atoms with van der Waals surface area (Å²) < 4.78 is 0. The Kier molecular flexibility index (Phi) is 3.92. The van der Waals surface area contributed by atoms with Gasteiger partial charge >= 0.3 is 0 Å². The summed E-state index contributed by atoms with van der Waals surface area (Å²) in [4.78, 5) is 11.7. The Morgan fingerprint density at radius 2 is 2.18 bits per heavy atom. The van der Waals surface area contributed by atoms with Crippen LogP contribution >= 0.6 is 0 Å². The summed E-state index contributed by atoms with van der Waals surface area (Å²) >= 11 is 0. The zero-order chi connectivity index (χ0) is 13.0. The molecule has 1 aromatic rings. The smallest absolute Gasteiger partial charge is 0.255 e. The Hall–Kier alpha value is -2.24. The Morgan fingerprint density at radius 3 is 2.71 bits per heavy atom. The molecule has 92 valence electrons. The van der Waals surface area contributed by atoms with Crippen LogP contribution in [0.4, 0.5) is 0 Å². The van der Waals surface area contributed by atoms with Crippen molar-refractivity contribution in [2.75, 3.05) is 0 Å². The van der Waals surface area contributed by atoms with E-state index in [2.05, 4.69) is 10.5 Å². The Bertz CT molecular complexity index is 457. The van der Waals surface area contributed by atoms with Crippen molar-refractivity contribution in [3.05, 3.63) is 29.3 Å². The normalized spacial score (nSPS) is 13.2. The minimum Gasteiger partial charge on any atom is -0.507 e. The number of oxime groups is 1. The molecule has 17 heavy (non-hydrogen) atoms. The van der Waals surface area contributed by atoms with Gasteiger partial charge in [0.25, 0.3) is 5.91 Å². The minimum atomic E-state index is -0.617. The monoisotopic (exact) mass is 237 g/mol. The van der Waals surface area contributed by atoms with Crippen LogP contribution < -0.4 is 11.1 Å². The third-order valence-electron chi connectivity index (χ3n) is 2.30. The molecule has 1 rings (SSSR count). The highest BCUT2D eigenvalue weighted by Gasteiger charge is 2.15. The van der Waals surface area contributed by atoms with Crippen molar-refractivity contribution in [2.45, 2.75) is 19.9 Å². The molecule has 0 fully saturated rings. The first kappa shape index (κ1) is 12.8. The molecular weight excluding hydrogens is 222 g/mol. The van der Waals surface area contributed by atoms with Gasteiger partial charge in [0.1, 0.15) is 5.75 Å². The number of nitrogens with one attached hydrogen (secondary N) is 1. The molecule has 0 spiro atoms. The van der Waals surface area contributed by atoms with E-state index in [4.69, 9.17) is 10.9 Å². The number of aryl methyl sites for hydroxylation is 1. The van der Waals surface area contributed by atoms with Crippen LogP contribution in [0.1, 0.15) is 22.8 Å². The molecule has 0 bridgehead atoms. The standard InChI is InChI=1S/C11H15N3O3/c1-6-3-4-8(9(15)5-6)11(16)13-7(2)10(12)14-17/h3-5,7,15,17H,1-2H3,(H2,12,14)(H,13,16). The quantitative estimate of drug-likeness (QED) is 0.266. The van der Waals surface area contributed by atoms with Gasteiger partial charge in [-0.05, 0) is 31.5 Å².